The number of benzene rings is 2. The van der Waals surface area contributed by atoms with Crippen molar-refractivity contribution >= 4 is 5.69 Å². The molecule has 1 N–H and O–H groups in total. The topological polar surface area (TPSA) is 32.7 Å². The summed E-state index contributed by atoms with van der Waals surface area (Å²) in [5.74, 6) is 1.43. The zero-order valence-corrected chi connectivity index (χ0v) is 11.9. The quantitative estimate of drug-likeness (QED) is 0.918. The molecule has 0 aliphatic carbocycles. The maximum atomic E-state index is 10.1. The number of nitrogens with zero attached hydrogens (tertiary/aromatic N) is 1. The molecule has 0 fully saturated rings. The van der Waals surface area contributed by atoms with Gasteiger partial charge in [0.2, 0.25) is 0 Å². The Morgan fingerprint density at radius 3 is 2.71 bits per heavy atom. The number of ether oxygens (including phenoxy) is 1. The van der Waals surface area contributed by atoms with Crippen molar-refractivity contribution in [1.29, 1.82) is 0 Å². The van der Waals surface area contributed by atoms with E-state index in [4.69, 9.17) is 4.74 Å². The molecule has 0 aromatic heterocycles. The maximum Gasteiger partial charge on any atom is 0.122 e. The number of fused-ring (bicyclic) bond motifs is 2. The molecule has 108 valence electrons. The minimum atomic E-state index is -0.329. The third-order valence-electron chi connectivity index (χ3n) is 4.55. The number of anilines is 1. The highest BCUT2D eigenvalue weighted by Crippen LogP contribution is 2.38. The van der Waals surface area contributed by atoms with Gasteiger partial charge < -0.3 is 14.7 Å². The fraction of sp³-hybridized carbons (Fsp3) is 0.333. The van der Waals surface area contributed by atoms with Gasteiger partial charge in [0.25, 0.3) is 0 Å². The van der Waals surface area contributed by atoms with Gasteiger partial charge in [-0.15, -0.1) is 0 Å². The van der Waals surface area contributed by atoms with Crippen molar-refractivity contribution in [3.63, 3.8) is 0 Å². The standard InChI is InChI=1S/C18H19NO2/c20-17-9-10-19(16-7-3-1-6-15(16)17)11-13-12-21-18-8-4-2-5-14(13)18/h1-8,13,17,20H,9-12H2. The average molecular weight is 281 g/mol. The Balaban J connectivity index is 1.61. The van der Waals surface area contributed by atoms with Crippen molar-refractivity contribution in [2.45, 2.75) is 18.4 Å². The van der Waals surface area contributed by atoms with E-state index in [1.54, 1.807) is 0 Å². The van der Waals surface area contributed by atoms with Crippen LogP contribution in [0.2, 0.25) is 0 Å². The van der Waals surface area contributed by atoms with Crippen molar-refractivity contribution in [1.82, 2.24) is 0 Å². The molecule has 2 atom stereocenters. The number of rotatable bonds is 2. The Labute approximate surface area is 124 Å². The number of hydrogen-bond donors (Lipinski definition) is 1. The largest absolute Gasteiger partial charge is 0.493 e. The molecular weight excluding hydrogens is 262 g/mol. The van der Waals surface area contributed by atoms with Crippen LogP contribution in [0.4, 0.5) is 5.69 Å². The van der Waals surface area contributed by atoms with Crippen LogP contribution in [0.1, 0.15) is 29.6 Å². The SMILES string of the molecule is OC1CCN(CC2COc3ccccc32)c2ccccc21. The molecule has 2 aliphatic heterocycles. The molecule has 2 aromatic carbocycles. The Morgan fingerprint density at radius 2 is 1.81 bits per heavy atom. The highest BCUT2D eigenvalue weighted by atomic mass is 16.5. The highest BCUT2D eigenvalue weighted by molar-refractivity contribution is 5.57. The second kappa shape index (κ2) is 5.08. The summed E-state index contributed by atoms with van der Waals surface area (Å²) in [5, 5.41) is 10.1. The van der Waals surface area contributed by atoms with Gasteiger partial charge in [-0.05, 0) is 18.6 Å². The van der Waals surface area contributed by atoms with Crippen molar-refractivity contribution in [2.75, 3.05) is 24.6 Å². The van der Waals surface area contributed by atoms with Gasteiger partial charge in [0.15, 0.2) is 0 Å². The summed E-state index contributed by atoms with van der Waals surface area (Å²) in [4.78, 5) is 2.39. The van der Waals surface area contributed by atoms with Gasteiger partial charge in [-0.3, -0.25) is 0 Å². The van der Waals surface area contributed by atoms with Crippen LogP contribution in [0.15, 0.2) is 48.5 Å². The fourth-order valence-corrected chi connectivity index (χ4v) is 3.45. The van der Waals surface area contributed by atoms with Gasteiger partial charge in [0.05, 0.1) is 12.7 Å². The van der Waals surface area contributed by atoms with E-state index < -0.39 is 0 Å². The van der Waals surface area contributed by atoms with Gasteiger partial charge in [-0.25, -0.2) is 0 Å². The third kappa shape index (κ3) is 2.18. The zero-order chi connectivity index (χ0) is 14.2. The van der Waals surface area contributed by atoms with Crippen LogP contribution < -0.4 is 9.64 Å². The van der Waals surface area contributed by atoms with Crippen molar-refractivity contribution in [3.8, 4) is 5.75 Å². The van der Waals surface area contributed by atoms with E-state index in [1.165, 1.54) is 11.3 Å². The van der Waals surface area contributed by atoms with Crippen LogP contribution in [0, 0.1) is 0 Å². The molecule has 0 amide bonds. The first-order valence-corrected chi connectivity index (χ1v) is 7.56. The summed E-state index contributed by atoms with van der Waals surface area (Å²) in [6, 6.07) is 16.5. The molecule has 4 rings (SSSR count). The maximum absolute atomic E-state index is 10.1. The lowest BCUT2D eigenvalue weighted by atomic mass is 9.95. The Bertz CT molecular complexity index is 655. The summed E-state index contributed by atoms with van der Waals surface area (Å²) in [6.45, 7) is 2.60. The first-order chi connectivity index (χ1) is 10.3. The lowest BCUT2D eigenvalue weighted by Gasteiger charge is -2.35. The van der Waals surface area contributed by atoms with Crippen molar-refractivity contribution < 1.29 is 9.84 Å². The van der Waals surface area contributed by atoms with Crippen LogP contribution in [0.25, 0.3) is 0 Å². The van der Waals surface area contributed by atoms with Gasteiger partial charge in [0, 0.05) is 35.8 Å². The van der Waals surface area contributed by atoms with E-state index in [0.717, 1.165) is 37.4 Å². The molecule has 3 heteroatoms. The van der Waals surface area contributed by atoms with Crippen LogP contribution in [-0.2, 0) is 0 Å². The molecule has 2 heterocycles. The fourth-order valence-electron chi connectivity index (χ4n) is 3.45. The molecule has 2 aromatic rings. The smallest absolute Gasteiger partial charge is 0.122 e. The number of aliphatic hydroxyl groups excluding tert-OH is 1. The molecular formula is C18H19NO2. The second-order valence-corrected chi connectivity index (χ2v) is 5.86. The number of para-hydroxylation sites is 2. The van der Waals surface area contributed by atoms with Gasteiger partial charge in [0.1, 0.15) is 5.75 Å². The summed E-state index contributed by atoms with van der Waals surface area (Å²) in [6.07, 6.45) is 0.469. The predicted octanol–water partition coefficient (Wildman–Crippen LogP) is 3.11. The molecule has 0 spiro atoms. The monoisotopic (exact) mass is 281 g/mol. The molecule has 21 heavy (non-hydrogen) atoms. The zero-order valence-electron chi connectivity index (χ0n) is 11.9. The molecule has 0 radical (unpaired) electrons. The van der Waals surface area contributed by atoms with E-state index in [0.29, 0.717) is 5.92 Å². The first-order valence-electron chi connectivity index (χ1n) is 7.56. The Kier molecular flexibility index (Phi) is 3.08. The summed E-state index contributed by atoms with van der Waals surface area (Å²) < 4.78 is 5.79. The highest BCUT2D eigenvalue weighted by Gasteiger charge is 2.29. The van der Waals surface area contributed by atoms with Crippen molar-refractivity contribution in [2.24, 2.45) is 0 Å². The molecule has 2 unspecified atom stereocenters. The van der Waals surface area contributed by atoms with Gasteiger partial charge >= 0.3 is 0 Å². The van der Waals surface area contributed by atoms with E-state index in [1.807, 2.05) is 30.3 Å². The minimum Gasteiger partial charge on any atom is -0.493 e. The first kappa shape index (κ1) is 12.7. The Morgan fingerprint density at radius 1 is 1.05 bits per heavy atom. The van der Waals surface area contributed by atoms with Crippen LogP contribution in [0.3, 0.4) is 0 Å². The van der Waals surface area contributed by atoms with Crippen LogP contribution in [-0.4, -0.2) is 24.8 Å². The van der Waals surface area contributed by atoms with E-state index in [9.17, 15) is 5.11 Å². The third-order valence-corrected chi connectivity index (χ3v) is 4.55. The molecule has 0 saturated heterocycles. The van der Waals surface area contributed by atoms with Gasteiger partial charge in [-0.1, -0.05) is 36.4 Å². The summed E-state index contributed by atoms with van der Waals surface area (Å²) in [5.41, 5.74) is 3.53. The average Bonchev–Trinajstić information content (AvgIpc) is 2.94. The van der Waals surface area contributed by atoms with Gasteiger partial charge in [-0.2, -0.15) is 0 Å². The second-order valence-electron chi connectivity index (χ2n) is 5.86. The van der Waals surface area contributed by atoms with Crippen molar-refractivity contribution in [3.05, 3.63) is 59.7 Å². The molecule has 0 bridgehead atoms. The molecule has 0 saturated carbocycles. The summed E-state index contributed by atoms with van der Waals surface area (Å²) >= 11 is 0. The lowest BCUT2D eigenvalue weighted by molar-refractivity contribution is 0.163. The van der Waals surface area contributed by atoms with Crippen LogP contribution >= 0.6 is 0 Å². The Hall–Kier alpha value is -2.00. The minimum absolute atomic E-state index is 0.329. The number of hydrogen-bond acceptors (Lipinski definition) is 3. The van der Waals surface area contributed by atoms with E-state index in [2.05, 4.69) is 23.1 Å². The van der Waals surface area contributed by atoms with Crippen LogP contribution in [0.5, 0.6) is 5.75 Å². The predicted molar refractivity (Wildman–Crippen MR) is 82.9 cm³/mol. The number of aliphatic hydroxyl groups is 1. The summed E-state index contributed by atoms with van der Waals surface area (Å²) in [7, 11) is 0. The lowest BCUT2D eigenvalue weighted by Crippen LogP contribution is -2.35. The normalized spacial score (nSPS) is 23.4. The molecule has 2 aliphatic rings. The van der Waals surface area contributed by atoms with E-state index in [-0.39, 0.29) is 6.10 Å². The molecule has 3 nitrogen and oxygen atoms in total. The van der Waals surface area contributed by atoms with E-state index >= 15 is 0 Å².